The Bertz CT molecular complexity index is 972. The van der Waals surface area contributed by atoms with Gasteiger partial charge in [0, 0.05) is 11.0 Å². The zero-order chi connectivity index (χ0) is 20.8. The molecule has 0 saturated heterocycles. The Hall–Kier alpha value is -3.00. The molecule has 0 aliphatic rings. The number of aromatic nitrogens is 2. The number of hydrogen-bond acceptors (Lipinski definition) is 7. The molecular weight excluding hydrogens is 390 g/mol. The molecular formula is C21H23N3O4S. The molecule has 0 aliphatic carbocycles. The van der Waals surface area contributed by atoms with Crippen molar-refractivity contribution in [2.45, 2.75) is 30.5 Å². The predicted octanol–water partition coefficient (Wildman–Crippen LogP) is 3.86. The van der Waals surface area contributed by atoms with E-state index in [0.29, 0.717) is 28.8 Å². The maximum Gasteiger partial charge on any atom is 0.246 e. The first-order chi connectivity index (χ1) is 14.0. The summed E-state index contributed by atoms with van der Waals surface area (Å²) in [4.78, 5) is 17.8. The fraction of sp³-hybridized carbons (Fsp3) is 0.286. The van der Waals surface area contributed by atoms with E-state index in [-0.39, 0.29) is 17.7 Å². The summed E-state index contributed by atoms with van der Waals surface area (Å²) in [6.07, 6.45) is 0. The van der Waals surface area contributed by atoms with E-state index in [4.69, 9.17) is 14.0 Å². The van der Waals surface area contributed by atoms with Gasteiger partial charge in [-0.25, -0.2) is 0 Å². The molecule has 0 spiro atoms. The van der Waals surface area contributed by atoms with Gasteiger partial charge in [-0.3, -0.25) is 4.79 Å². The number of nitrogens with zero attached hydrogens (tertiary/aromatic N) is 2. The van der Waals surface area contributed by atoms with Crippen LogP contribution in [0.15, 0.2) is 51.9 Å². The highest BCUT2D eigenvalue weighted by atomic mass is 32.2. The first-order valence-electron chi connectivity index (χ1n) is 9.06. The number of nitrogens with one attached hydrogen (secondary N) is 1. The Morgan fingerprint density at radius 3 is 2.62 bits per heavy atom. The molecule has 2 aromatic carbocycles. The van der Waals surface area contributed by atoms with Crippen LogP contribution >= 0.6 is 11.8 Å². The first kappa shape index (κ1) is 20.7. The van der Waals surface area contributed by atoms with Crippen molar-refractivity contribution in [2.24, 2.45) is 0 Å². The molecule has 0 aliphatic heterocycles. The summed E-state index contributed by atoms with van der Waals surface area (Å²) < 4.78 is 15.8. The standard InChI is InChI=1S/C21H23N3O4S/c1-13-5-8-16(9-6-13)29-14(2)21(25)22-12-19-23-20(24-28-19)17-10-7-15(26-3)11-18(17)27-4/h5-11,14H,12H2,1-4H3,(H,22,25)/t14-/m0/s1. The number of carbonyl (C=O) groups excluding carboxylic acids is 1. The van der Waals surface area contributed by atoms with Gasteiger partial charge >= 0.3 is 0 Å². The van der Waals surface area contributed by atoms with Crippen molar-refractivity contribution in [1.29, 1.82) is 0 Å². The van der Waals surface area contributed by atoms with Gasteiger partial charge in [0.15, 0.2) is 0 Å². The molecule has 1 amide bonds. The van der Waals surface area contributed by atoms with Crippen LogP contribution in [0.5, 0.6) is 11.5 Å². The monoisotopic (exact) mass is 413 g/mol. The highest BCUT2D eigenvalue weighted by molar-refractivity contribution is 8.00. The van der Waals surface area contributed by atoms with Crippen molar-refractivity contribution in [3.8, 4) is 22.9 Å². The number of methoxy groups -OCH3 is 2. The van der Waals surface area contributed by atoms with Crippen LogP contribution in [-0.2, 0) is 11.3 Å². The number of benzene rings is 2. The minimum atomic E-state index is -0.248. The average Bonchev–Trinajstić information content (AvgIpc) is 3.21. The molecule has 0 fully saturated rings. The molecule has 1 atom stereocenters. The second-order valence-electron chi connectivity index (χ2n) is 6.37. The summed E-state index contributed by atoms with van der Waals surface area (Å²) in [7, 11) is 3.15. The summed E-state index contributed by atoms with van der Waals surface area (Å²) in [5.41, 5.74) is 1.87. The van der Waals surface area contributed by atoms with Gasteiger partial charge in [-0.15, -0.1) is 11.8 Å². The van der Waals surface area contributed by atoms with Crippen molar-refractivity contribution in [1.82, 2.24) is 15.5 Å². The second-order valence-corrected chi connectivity index (χ2v) is 7.78. The molecule has 1 N–H and O–H groups in total. The molecule has 3 rings (SSSR count). The number of thioether (sulfide) groups is 1. The van der Waals surface area contributed by atoms with Crippen molar-refractivity contribution >= 4 is 17.7 Å². The maximum atomic E-state index is 12.4. The molecule has 0 bridgehead atoms. The normalized spacial score (nSPS) is 11.7. The molecule has 0 unspecified atom stereocenters. The number of rotatable bonds is 8. The number of carbonyl (C=O) groups is 1. The number of aryl methyl sites for hydroxylation is 1. The van der Waals surface area contributed by atoms with Crippen LogP contribution in [0, 0.1) is 6.92 Å². The summed E-state index contributed by atoms with van der Waals surface area (Å²) in [5.74, 6) is 1.84. The Balaban J connectivity index is 1.60. The van der Waals surface area contributed by atoms with Gasteiger partial charge in [-0.05, 0) is 38.1 Å². The maximum absolute atomic E-state index is 12.4. The minimum Gasteiger partial charge on any atom is -0.497 e. The summed E-state index contributed by atoms with van der Waals surface area (Å²) >= 11 is 1.50. The topological polar surface area (TPSA) is 86.5 Å². The van der Waals surface area contributed by atoms with Gasteiger partial charge in [0.2, 0.25) is 17.6 Å². The van der Waals surface area contributed by atoms with Crippen LogP contribution in [0.3, 0.4) is 0 Å². The predicted molar refractivity (Wildman–Crippen MR) is 111 cm³/mol. The van der Waals surface area contributed by atoms with E-state index in [2.05, 4.69) is 15.5 Å². The van der Waals surface area contributed by atoms with E-state index in [9.17, 15) is 4.79 Å². The molecule has 152 valence electrons. The third-order valence-electron chi connectivity index (χ3n) is 4.23. The van der Waals surface area contributed by atoms with Crippen LogP contribution in [0.4, 0.5) is 0 Å². The van der Waals surface area contributed by atoms with Gasteiger partial charge in [-0.1, -0.05) is 22.9 Å². The van der Waals surface area contributed by atoms with Crippen LogP contribution in [-0.4, -0.2) is 35.5 Å². The van der Waals surface area contributed by atoms with E-state index in [1.807, 2.05) is 38.1 Å². The highest BCUT2D eigenvalue weighted by Crippen LogP contribution is 2.31. The third-order valence-corrected chi connectivity index (χ3v) is 5.35. The fourth-order valence-electron chi connectivity index (χ4n) is 2.60. The minimum absolute atomic E-state index is 0.0997. The van der Waals surface area contributed by atoms with Gasteiger partial charge in [0.25, 0.3) is 0 Å². The summed E-state index contributed by atoms with van der Waals surface area (Å²) in [6, 6.07) is 13.4. The first-order valence-corrected chi connectivity index (χ1v) is 9.94. The van der Waals surface area contributed by atoms with Crippen molar-refractivity contribution in [3.05, 3.63) is 53.9 Å². The van der Waals surface area contributed by atoms with Crippen molar-refractivity contribution in [2.75, 3.05) is 14.2 Å². The lowest BCUT2D eigenvalue weighted by Crippen LogP contribution is -2.30. The molecule has 1 aromatic heterocycles. The van der Waals surface area contributed by atoms with E-state index in [1.54, 1.807) is 32.4 Å². The lowest BCUT2D eigenvalue weighted by molar-refractivity contribution is -0.120. The number of hydrogen-bond donors (Lipinski definition) is 1. The van der Waals surface area contributed by atoms with Crippen LogP contribution in [0.25, 0.3) is 11.4 Å². The van der Waals surface area contributed by atoms with E-state index >= 15 is 0 Å². The van der Waals surface area contributed by atoms with Gasteiger partial charge in [0.1, 0.15) is 11.5 Å². The zero-order valence-electron chi connectivity index (χ0n) is 16.8. The van der Waals surface area contributed by atoms with Crippen LogP contribution < -0.4 is 14.8 Å². The number of ether oxygens (including phenoxy) is 2. The zero-order valence-corrected chi connectivity index (χ0v) is 17.6. The SMILES string of the molecule is COc1ccc(-c2noc(CNC(=O)[C@H](C)Sc3ccc(C)cc3)n2)c(OC)c1. The highest BCUT2D eigenvalue weighted by Gasteiger charge is 2.17. The molecule has 29 heavy (non-hydrogen) atoms. The fourth-order valence-corrected chi connectivity index (χ4v) is 3.49. The molecule has 3 aromatic rings. The van der Waals surface area contributed by atoms with E-state index in [1.165, 1.54) is 17.3 Å². The van der Waals surface area contributed by atoms with Crippen LogP contribution in [0.1, 0.15) is 18.4 Å². The van der Waals surface area contributed by atoms with Crippen molar-refractivity contribution in [3.63, 3.8) is 0 Å². The molecule has 0 saturated carbocycles. The molecule has 0 radical (unpaired) electrons. The molecule has 7 nitrogen and oxygen atoms in total. The van der Waals surface area contributed by atoms with Crippen molar-refractivity contribution < 1.29 is 18.8 Å². The smallest absolute Gasteiger partial charge is 0.246 e. The Morgan fingerprint density at radius 2 is 1.93 bits per heavy atom. The average molecular weight is 413 g/mol. The summed E-state index contributed by atoms with van der Waals surface area (Å²) in [5, 5.41) is 6.57. The summed E-state index contributed by atoms with van der Waals surface area (Å²) in [6.45, 7) is 4.05. The van der Waals surface area contributed by atoms with Gasteiger partial charge in [0.05, 0.1) is 31.6 Å². The number of amides is 1. The van der Waals surface area contributed by atoms with Gasteiger partial charge in [-0.2, -0.15) is 4.98 Å². The largest absolute Gasteiger partial charge is 0.497 e. The van der Waals surface area contributed by atoms with Gasteiger partial charge < -0.3 is 19.3 Å². The van der Waals surface area contributed by atoms with E-state index in [0.717, 1.165) is 4.90 Å². The quantitative estimate of drug-likeness (QED) is 0.561. The lowest BCUT2D eigenvalue weighted by Gasteiger charge is -2.11. The Labute approximate surface area is 173 Å². The van der Waals surface area contributed by atoms with E-state index < -0.39 is 0 Å². The Morgan fingerprint density at radius 1 is 1.17 bits per heavy atom. The third kappa shape index (κ3) is 5.29. The molecule has 1 heterocycles. The Kier molecular flexibility index (Phi) is 6.77. The molecule has 8 heteroatoms. The second kappa shape index (κ2) is 9.47. The lowest BCUT2D eigenvalue weighted by atomic mass is 10.2. The van der Waals surface area contributed by atoms with Crippen LogP contribution in [0.2, 0.25) is 0 Å².